The van der Waals surface area contributed by atoms with E-state index in [0.29, 0.717) is 29.9 Å². The van der Waals surface area contributed by atoms with Crippen LogP contribution < -0.4 is 10.6 Å². The molecule has 1 amide bonds. The number of benzene rings is 1. The molecule has 1 aliphatic heterocycles. The molecule has 6 rings (SSSR count). The number of carbonyl (C=O) groups is 1. The van der Waals surface area contributed by atoms with Gasteiger partial charge in [-0.2, -0.15) is 13.2 Å². The number of carbonyl (C=O) groups excluding carboxylic acids is 1. The van der Waals surface area contributed by atoms with Crippen molar-refractivity contribution in [1.29, 1.82) is 0 Å². The van der Waals surface area contributed by atoms with E-state index in [0.717, 1.165) is 18.2 Å². The molecule has 220 valence electrons. The van der Waals surface area contributed by atoms with E-state index in [2.05, 4.69) is 43.0 Å². The number of thioether (sulfide) groups is 1. The van der Waals surface area contributed by atoms with Crippen LogP contribution in [0.4, 0.5) is 19.0 Å². The predicted molar refractivity (Wildman–Crippen MR) is 145 cm³/mol. The number of aromatic nitrogens is 5. The number of hydrogen-bond donors (Lipinski definition) is 2. The van der Waals surface area contributed by atoms with Crippen LogP contribution in [0.5, 0.6) is 0 Å². The molecule has 3 fully saturated rings. The van der Waals surface area contributed by atoms with Gasteiger partial charge in [-0.15, -0.1) is 5.10 Å². The van der Waals surface area contributed by atoms with Crippen molar-refractivity contribution < 1.29 is 27.4 Å². The number of nitrogens with one attached hydrogen (secondary N) is 2. The first kappa shape index (κ1) is 28.2. The Morgan fingerprint density at radius 3 is 2.63 bits per heavy atom. The topological polar surface area (TPSA) is 116 Å². The van der Waals surface area contributed by atoms with Crippen LogP contribution in [0.2, 0.25) is 0 Å². The number of alkyl halides is 3. The lowest BCUT2D eigenvalue weighted by molar-refractivity contribution is -0.163. The Hall–Kier alpha value is -2.97. The molecule has 3 heterocycles. The van der Waals surface area contributed by atoms with E-state index in [1.807, 2.05) is 25.1 Å². The molecule has 6 atom stereocenters. The summed E-state index contributed by atoms with van der Waals surface area (Å²) in [5.74, 6) is -0.991. The van der Waals surface area contributed by atoms with Gasteiger partial charge in [-0.25, -0.2) is 14.6 Å². The molecule has 1 saturated heterocycles. The Labute approximate surface area is 239 Å². The van der Waals surface area contributed by atoms with Crippen LogP contribution in [-0.4, -0.2) is 73.4 Å². The van der Waals surface area contributed by atoms with Gasteiger partial charge in [0.15, 0.2) is 27.9 Å². The molecule has 10 nitrogen and oxygen atoms in total. The van der Waals surface area contributed by atoms with Crippen LogP contribution in [0.3, 0.4) is 0 Å². The summed E-state index contributed by atoms with van der Waals surface area (Å²) in [6, 6.07) is 9.77. The number of fused-ring (bicyclic) bond motifs is 2. The Balaban J connectivity index is 1.33. The molecule has 2 aliphatic carbocycles. The van der Waals surface area contributed by atoms with Gasteiger partial charge in [-0.05, 0) is 39.2 Å². The van der Waals surface area contributed by atoms with Crippen LogP contribution in [0.1, 0.15) is 57.6 Å². The minimum atomic E-state index is -4.28. The van der Waals surface area contributed by atoms with Crippen molar-refractivity contribution in [3.05, 3.63) is 35.9 Å². The number of ether oxygens (including phenoxy) is 2. The van der Waals surface area contributed by atoms with Gasteiger partial charge in [-0.1, -0.05) is 47.3 Å². The van der Waals surface area contributed by atoms with E-state index in [1.165, 1.54) is 5.56 Å². The fraction of sp³-hybridized carbons (Fsp3) is 0.593. The number of halogens is 3. The molecule has 3 unspecified atom stereocenters. The highest BCUT2D eigenvalue weighted by atomic mass is 32.2. The molecule has 41 heavy (non-hydrogen) atoms. The Kier molecular flexibility index (Phi) is 7.35. The van der Waals surface area contributed by atoms with Crippen LogP contribution in [-0.2, 0) is 14.3 Å². The first-order chi connectivity index (χ1) is 19.5. The van der Waals surface area contributed by atoms with Crippen molar-refractivity contribution in [3.63, 3.8) is 0 Å². The predicted octanol–water partition coefficient (Wildman–Crippen LogP) is 4.45. The van der Waals surface area contributed by atoms with Crippen molar-refractivity contribution in [2.24, 2.45) is 5.92 Å². The molecule has 3 aromatic rings. The molecule has 2 N–H and O–H groups in total. The second-order valence-corrected chi connectivity index (χ2v) is 12.2. The number of anilines is 1. The summed E-state index contributed by atoms with van der Waals surface area (Å²) < 4.78 is 52.7. The zero-order valence-corrected chi connectivity index (χ0v) is 23.7. The molecule has 0 radical (unpaired) electrons. The van der Waals surface area contributed by atoms with Crippen LogP contribution in [0.25, 0.3) is 11.2 Å². The van der Waals surface area contributed by atoms with Gasteiger partial charge in [0.2, 0.25) is 5.91 Å². The molecule has 2 saturated carbocycles. The fourth-order valence-electron chi connectivity index (χ4n) is 5.81. The van der Waals surface area contributed by atoms with Gasteiger partial charge in [0.05, 0.1) is 18.4 Å². The van der Waals surface area contributed by atoms with Crippen molar-refractivity contribution in [1.82, 2.24) is 30.3 Å². The maximum Gasteiger partial charge on any atom is 0.389 e. The van der Waals surface area contributed by atoms with Gasteiger partial charge < -0.3 is 20.1 Å². The number of rotatable bonds is 9. The lowest BCUT2D eigenvalue weighted by Crippen LogP contribution is -2.37. The maximum atomic E-state index is 12.9. The lowest BCUT2D eigenvalue weighted by Gasteiger charge is -2.23. The minimum absolute atomic E-state index is 0.0963. The van der Waals surface area contributed by atoms with E-state index in [9.17, 15) is 18.0 Å². The first-order valence-electron chi connectivity index (χ1n) is 13.8. The zero-order chi connectivity index (χ0) is 28.9. The standard InChI is InChI=1S/C27H32F3N7O3S/c1-4-31-24(38)16-13-18(21-20(16)39-26(2,3)40-21)37-23-19(35-36-37)22(33-25(34-23)41-11-10-27(28,29)30)32-17-12-15(17)14-8-6-5-7-9-14/h5-9,15-18,20-21H,4,10-13H2,1-3H3,(H,31,38)(H,32,33,34)/t15?,16?,17?,18-,20-,21+/m0/s1. The minimum Gasteiger partial charge on any atom is -0.365 e. The molecule has 14 heteroatoms. The molecular weight excluding hydrogens is 559 g/mol. The maximum absolute atomic E-state index is 12.9. The van der Waals surface area contributed by atoms with Gasteiger partial charge in [0, 0.05) is 24.3 Å². The summed E-state index contributed by atoms with van der Waals surface area (Å²) >= 11 is 0.936. The zero-order valence-electron chi connectivity index (χ0n) is 22.9. The van der Waals surface area contributed by atoms with Crippen molar-refractivity contribution in [3.8, 4) is 0 Å². The fourth-order valence-corrected chi connectivity index (χ4v) is 6.63. The van der Waals surface area contributed by atoms with Crippen LogP contribution in [0.15, 0.2) is 35.5 Å². The Morgan fingerprint density at radius 1 is 1.15 bits per heavy atom. The summed E-state index contributed by atoms with van der Waals surface area (Å²) in [5, 5.41) is 15.3. The van der Waals surface area contributed by atoms with E-state index < -0.39 is 42.6 Å². The second-order valence-electron chi connectivity index (χ2n) is 11.1. The molecule has 0 bridgehead atoms. The number of hydrogen-bond acceptors (Lipinski definition) is 9. The molecule has 0 spiro atoms. The molecular formula is C27H32F3N7O3S. The number of nitrogens with zero attached hydrogens (tertiary/aromatic N) is 5. The van der Waals surface area contributed by atoms with E-state index >= 15 is 0 Å². The lowest BCUT2D eigenvalue weighted by atomic mass is 10.0. The quantitative estimate of drug-likeness (QED) is 0.275. The monoisotopic (exact) mass is 591 g/mol. The molecule has 2 aromatic heterocycles. The highest BCUT2D eigenvalue weighted by Crippen LogP contribution is 2.48. The van der Waals surface area contributed by atoms with Crippen molar-refractivity contribution in [2.45, 2.75) is 87.4 Å². The molecule has 3 aliphatic rings. The van der Waals surface area contributed by atoms with Crippen LogP contribution >= 0.6 is 11.8 Å². The first-order valence-corrected chi connectivity index (χ1v) is 14.8. The van der Waals surface area contributed by atoms with Gasteiger partial charge in [0.25, 0.3) is 0 Å². The van der Waals surface area contributed by atoms with E-state index in [4.69, 9.17) is 9.47 Å². The average molecular weight is 592 g/mol. The summed E-state index contributed by atoms with van der Waals surface area (Å²) in [6.45, 7) is 5.94. The number of amides is 1. The third kappa shape index (κ3) is 5.86. The van der Waals surface area contributed by atoms with Gasteiger partial charge in [-0.3, -0.25) is 4.79 Å². The second kappa shape index (κ2) is 10.7. The van der Waals surface area contributed by atoms with Crippen molar-refractivity contribution in [2.75, 3.05) is 17.6 Å². The Morgan fingerprint density at radius 2 is 1.90 bits per heavy atom. The normalized spacial score (nSPS) is 28.5. The average Bonchev–Trinajstić information content (AvgIpc) is 3.23. The van der Waals surface area contributed by atoms with Crippen LogP contribution in [0, 0.1) is 5.92 Å². The van der Waals surface area contributed by atoms with Gasteiger partial charge >= 0.3 is 6.18 Å². The highest BCUT2D eigenvalue weighted by molar-refractivity contribution is 7.99. The van der Waals surface area contributed by atoms with E-state index in [1.54, 1.807) is 18.5 Å². The summed E-state index contributed by atoms with van der Waals surface area (Å²) in [4.78, 5) is 22.1. The van der Waals surface area contributed by atoms with Crippen molar-refractivity contribution >= 4 is 34.7 Å². The largest absolute Gasteiger partial charge is 0.389 e. The third-order valence-electron chi connectivity index (χ3n) is 7.70. The third-order valence-corrected chi connectivity index (χ3v) is 8.55. The summed E-state index contributed by atoms with van der Waals surface area (Å²) in [5.41, 5.74) is 2.00. The summed E-state index contributed by atoms with van der Waals surface area (Å²) in [6.07, 6.45) is -4.93. The summed E-state index contributed by atoms with van der Waals surface area (Å²) in [7, 11) is 0. The molecule has 1 aromatic carbocycles. The smallest absolute Gasteiger partial charge is 0.365 e. The van der Waals surface area contributed by atoms with E-state index in [-0.39, 0.29) is 28.8 Å². The SMILES string of the molecule is CCNC(=O)C1C[C@H](n2nnc3c(NC4CC4c4ccccc4)nc(SCCC(F)(F)F)nc32)[C@H]2OC(C)(C)O[C@@H]12. The van der Waals surface area contributed by atoms with Gasteiger partial charge in [0.1, 0.15) is 12.2 Å². The highest BCUT2D eigenvalue weighted by Gasteiger charge is 2.57. The Bertz CT molecular complexity index is 1420.